The number of rotatable bonds is 3. The molecule has 1 fully saturated rings. The minimum absolute atomic E-state index is 0.0645. The maximum absolute atomic E-state index is 11.5. The summed E-state index contributed by atoms with van der Waals surface area (Å²) in [5.41, 5.74) is 5.70. The number of hydrogen-bond acceptors (Lipinski definition) is 4. The molecule has 0 aromatic heterocycles. The van der Waals surface area contributed by atoms with E-state index in [0.717, 1.165) is 12.8 Å². The second kappa shape index (κ2) is 4.94. The Hall–Kier alpha value is -0.620. The summed E-state index contributed by atoms with van der Waals surface area (Å²) < 4.78 is 24.4. The standard InChI is InChI=1S/C9H18N2O3S/c1-2-15(13,14)11-9(12)7-3-5-8(10)6-4-7/h7-8H,2-6,10H2,1H3,(H,11,12). The molecule has 0 heterocycles. The van der Waals surface area contributed by atoms with Gasteiger partial charge in [-0.1, -0.05) is 0 Å². The molecule has 0 aliphatic heterocycles. The molecule has 0 radical (unpaired) electrons. The van der Waals surface area contributed by atoms with E-state index in [2.05, 4.69) is 4.72 Å². The van der Waals surface area contributed by atoms with Gasteiger partial charge in [0.05, 0.1) is 5.75 Å². The van der Waals surface area contributed by atoms with Gasteiger partial charge in [-0.05, 0) is 32.6 Å². The lowest BCUT2D eigenvalue weighted by molar-refractivity contribution is -0.124. The van der Waals surface area contributed by atoms with Gasteiger partial charge in [0.15, 0.2) is 0 Å². The summed E-state index contributed by atoms with van der Waals surface area (Å²) in [7, 11) is -3.41. The van der Waals surface area contributed by atoms with E-state index in [1.165, 1.54) is 6.92 Å². The number of carbonyl (C=O) groups is 1. The van der Waals surface area contributed by atoms with Gasteiger partial charge in [0.2, 0.25) is 15.9 Å². The van der Waals surface area contributed by atoms with Crippen LogP contribution in [-0.4, -0.2) is 26.1 Å². The van der Waals surface area contributed by atoms with Crippen molar-refractivity contribution in [2.45, 2.75) is 38.6 Å². The first-order valence-electron chi connectivity index (χ1n) is 5.24. The summed E-state index contributed by atoms with van der Waals surface area (Å²) in [6, 6.07) is 0.164. The smallest absolute Gasteiger partial charge is 0.236 e. The van der Waals surface area contributed by atoms with Crippen LogP contribution in [0.25, 0.3) is 0 Å². The molecular weight excluding hydrogens is 216 g/mol. The Labute approximate surface area is 90.5 Å². The zero-order chi connectivity index (χ0) is 11.5. The van der Waals surface area contributed by atoms with E-state index in [9.17, 15) is 13.2 Å². The van der Waals surface area contributed by atoms with E-state index in [4.69, 9.17) is 5.73 Å². The van der Waals surface area contributed by atoms with E-state index < -0.39 is 10.0 Å². The van der Waals surface area contributed by atoms with Gasteiger partial charge in [-0.15, -0.1) is 0 Å². The fourth-order valence-corrected chi connectivity index (χ4v) is 2.31. The van der Waals surface area contributed by atoms with Gasteiger partial charge in [-0.2, -0.15) is 0 Å². The van der Waals surface area contributed by atoms with Gasteiger partial charge >= 0.3 is 0 Å². The van der Waals surface area contributed by atoms with Gasteiger partial charge in [0.1, 0.15) is 0 Å². The largest absolute Gasteiger partial charge is 0.328 e. The third-order valence-electron chi connectivity index (χ3n) is 2.78. The van der Waals surface area contributed by atoms with Crippen LogP contribution in [0.4, 0.5) is 0 Å². The molecule has 6 heteroatoms. The number of amides is 1. The fourth-order valence-electron chi connectivity index (χ4n) is 1.69. The Kier molecular flexibility index (Phi) is 4.10. The van der Waals surface area contributed by atoms with Crippen LogP contribution in [0.3, 0.4) is 0 Å². The predicted octanol–water partition coefficient (Wildman–Crippen LogP) is -0.0302. The molecule has 0 aromatic rings. The average Bonchev–Trinajstić information content (AvgIpc) is 2.18. The molecule has 0 aromatic carbocycles. The Bertz CT molecular complexity index is 318. The Balaban J connectivity index is 2.48. The van der Waals surface area contributed by atoms with Crippen LogP contribution in [-0.2, 0) is 14.8 Å². The number of nitrogens with two attached hydrogens (primary N) is 1. The van der Waals surface area contributed by atoms with Crippen molar-refractivity contribution in [2.24, 2.45) is 11.7 Å². The molecule has 0 saturated heterocycles. The molecule has 1 saturated carbocycles. The normalized spacial score (nSPS) is 27.3. The van der Waals surface area contributed by atoms with Crippen LogP contribution in [0.1, 0.15) is 32.6 Å². The van der Waals surface area contributed by atoms with Crippen molar-refractivity contribution in [1.29, 1.82) is 0 Å². The molecule has 5 nitrogen and oxygen atoms in total. The summed E-state index contributed by atoms with van der Waals surface area (Å²) in [5.74, 6) is -0.625. The van der Waals surface area contributed by atoms with Crippen LogP contribution in [0, 0.1) is 5.92 Å². The van der Waals surface area contributed by atoms with Crippen LogP contribution < -0.4 is 10.5 Å². The first-order chi connectivity index (χ1) is 6.94. The van der Waals surface area contributed by atoms with Gasteiger partial charge in [0, 0.05) is 12.0 Å². The zero-order valence-electron chi connectivity index (χ0n) is 8.90. The third kappa shape index (κ3) is 3.79. The van der Waals surface area contributed by atoms with E-state index in [0.29, 0.717) is 12.8 Å². The number of sulfonamides is 1. The first-order valence-corrected chi connectivity index (χ1v) is 6.89. The predicted molar refractivity (Wildman–Crippen MR) is 57.5 cm³/mol. The lowest BCUT2D eigenvalue weighted by Gasteiger charge is -2.24. The Morgan fingerprint density at radius 1 is 1.33 bits per heavy atom. The van der Waals surface area contributed by atoms with Crippen LogP contribution in [0.2, 0.25) is 0 Å². The van der Waals surface area contributed by atoms with E-state index in [1.54, 1.807) is 0 Å². The molecule has 1 aliphatic rings. The van der Waals surface area contributed by atoms with Crippen molar-refractivity contribution in [3.8, 4) is 0 Å². The molecule has 1 rings (SSSR count). The van der Waals surface area contributed by atoms with Gasteiger partial charge < -0.3 is 5.73 Å². The second-order valence-electron chi connectivity index (χ2n) is 3.98. The van der Waals surface area contributed by atoms with Crippen molar-refractivity contribution in [3.05, 3.63) is 0 Å². The molecule has 1 aliphatic carbocycles. The number of nitrogens with one attached hydrogen (secondary N) is 1. The van der Waals surface area contributed by atoms with E-state index in [1.807, 2.05) is 0 Å². The van der Waals surface area contributed by atoms with E-state index >= 15 is 0 Å². The molecule has 1 amide bonds. The van der Waals surface area contributed by atoms with Crippen molar-refractivity contribution in [3.63, 3.8) is 0 Å². The zero-order valence-corrected chi connectivity index (χ0v) is 9.72. The quantitative estimate of drug-likeness (QED) is 0.717. The first kappa shape index (κ1) is 12.4. The summed E-state index contributed by atoms with van der Waals surface area (Å²) in [6.07, 6.45) is 2.97. The summed E-state index contributed by atoms with van der Waals surface area (Å²) in [5, 5.41) is 0. The summed E-state index contributed by atoms with van der Waals surface area (Å²) in [4.78, 5) is 11.5. The molecule has 0 spiro atoms. The highest BCUT2D eigenvalue weighted by molar-refractivity contribution is 7.90. The minimum atomic E-state index is -3.41. The SMILES string of the molecule is CCS(=O)(=O)NC(=O)C1CCC(N)CC1. The summed E-state index contributed by atoms with van der Waals surface area (Å²) in [6.45, 7) is 1.51. The highest BCUT2D eigenvalue weighted by atomic mass is 32.2. The topological polar surface area (TPSA) is 89.3 Å². The van der Waals surface area contributed by atoms with Crippen LogP contribution in [0.5, 0.6) is 0 Å². The maximum atomic E-state index is 11.5. The van der Waals surface area contributed by atoms with Crippen molar-refractivity contribution in [1.82, 2.24) is 4.72 Å². The molecule has 3 N–H and O–H groups in total. The molecule has 88 valence electrons. The van der Waals surface area contributed by atoms with Gasteiger partial charge in [-0.3, -0.25) is 9.52 Å². The van der Waals surface area contributed by atoms with Crippen LogP contribution in [0.15, 0.2) is 0 Å². The highest BCUT2D eigenvalue weighted by Gasteiger charge is 2.26. The average molecular weight is 234 g/mol. The van der Waals surface area contributed by atoms with Crippen molar-refractivity contribution >= 4 is 15.9 Å². The van der Waals surface area contributed by atoms with Crippen LogP contribution >= 0.6 is 0 Å². The minimum Gasteiger partial charge on any atom is -0.328 e. The van der Waals surface area contributed by atoms with E-state index in [-0.39, 0.29) is 23.6 Å². The highest BCUT2D eigenvalue weighted by Crippen LogP contribution is 2.23. The monoisotopic (exact) mass is 234 g/mol. The molecule has 0 atom stereocenters. The third-order valence-corrected chi connectivity index (χ3v) is 4.05. The van der Waals surface area contributed by atoms with Crippen molar-refractivity contribution in [2.75, 3.05) is 5.75 Å². The molecular formula is C9H18N2O3S. The summed E-state index contributed by atoms with van der Waals surface area (Å²) >= 11 is 0. The number of hydrogen-bond donors (Lipinski definition) is 2. The Morgan fingerprint density at radius 2 is 1.87 bits per heavy atom. The number of carbonyl (C=O) groups excluding carboxylic acids is 1. The lowest BCUT2D eigenvalue weighted by atomic mass is 9.86. The second-order valence-corrected chi connectivity index (χ2v) is 5.99. The maximum Gasteiger partial charge on any atom is 0.236 e. The molecule has 0 unspecified atom stereocenters. The lowest BCUT2D eigenvalue weighted by Crippen LogP contribution is -2.39. The Morgan fingerprint density at radius 3 is 2.33 bits per heavy atom. The fraction of sp³-hybridized carbons (Fsp3) is 0.889. The van der Waals surface area contributed by atoms with Crippen molar-refractivity contribution < 1.29 is 13.2 Å². The van der Waals surface area contributed by atoms with Gasteiger partial charge in [-0.25, -0.2) is 8.42 Å². The van der Waals surface area contributed by atoms with Gasteiger partial charge in [0.25, 0.3) is 0 Å². The molecule has 0 bridgehead atoms. The molecule has 15 heavy (non-hydrogen) atoms.